The van der Waals surface area contributed by atoms with Crippen molar-refractivity contribution >= 4 is 27.5 Å². The van der Waals surface area contributed by atoms with Crippen molar-refractivity contribution in [2.75, 3.05) is 0 Å². The molecule has 0 fully saturated rings. The summed E-state index contributed by atoms with van der Waals surface area (Å²) in [5.41, 5.74) is 9.34. The molecule has 0 radical (unpaired) electrons. The van der Waals surface area contributed by atoms with E-state index in [9.17, 15) is 0 Å². The van der Waals surface area contributed by atoms with E-state index in [1.165, 1.54) is 0 Å². The summed E-state index contributed by atoms with van der Waals surface area (Å²) in [4.78, 5) is 15.4. The Morgan fingerprint density at radius 2 is 1.18 bits per heavy atom. The van der Waals surface area contributed by atoms with E-state index in [0.29, 0.717) is 17.5 Å². The Bertz CT molecular complexity index is 2680. The zero-order chi connectivity index (χ0) is 33.9. The summed E-state index contributed by atoms with van der Waals surface area (Å²) >= 11 is 0. The van der Waals surface area contributed by atoms with Crippen LogP contribution in [0.5, 0.6) is 5.75 Å². The van der Waals surface area contributed by atoms with Crippen LogP contribution in [-0.4, -0.2) is 20.6 Å². The Labute approximate surface area is 295 Å². The van der Waals surface area contributed by atoms with Crippen molar-refractivity contribution in [3.8, 4) is 50.8 Å². The molecule has 8 aromatic rings. The van der Waals surface area contributed by atoms with Gasteiger partial charge in [-0.25, -0.2) is 15.0 Å². The van der Waals surface area contributed by atoms with E-state index in [1.54, 1.807) is 0 Å². The van der Waals surface area contributed by atoms with Crippen LogP contribution in [0.15, 0.2) is 168 Å². The van der Waals surface area contributed by atoms with E-state index >= 15 is 0 Å². The number of hydrogen-bond acceptors (Lipinski definition) is 5. The van der Waals surface area contributed by atoms with Gasteiger partial charge in [0.25, 0.3) is 0 Å². The second-order valence-electron chi connectivity index (χ2n) is 13.3. The first kappa shape index (κ1) is 29.3. The fourth-order valence-corrected chi connectivity index (χ4v) is 7.52. The Balaban J connectivity index is 1.16. The van der Waals surface area contributed by atoms with E-state index in [4.69, 9.17) is 24.1 Å². The average molecular weight is 658 g/mol. The fourth-order valence-electron chi connectivity index (χ4n) is 7.52. The van der Waals surface area contributed by atoms with Crippen LogP contribution in [-0.2, 0) is 0 Å². The van der Waals surface area contributed by atoms with Crippen LogP contribution in [0, 0.1) is 0 Å². The van der Waals surface area contributed by atoms with Crippen molar-refractivity contribution in [3.63, 3.8) is 0 Å². The Kier molecular flexibility index (Phi) is 6.61. The summed E-state index contributed by atoms with van der Waals surface area (Å²) in [7, 11) is 0. The number of fused-ring (bicyclic) bond motifs is 6. The smallest absolute Gasteiger partial charge is 0.164 e. The van der Waals surface area contributed by atoms with Gasteiger partial charge in [0.05, 0.1) is 0 Å². The monoisotopic (exact) mass is 657 g/mol. The van der Waals surface area contributed by atoms with E-state index in [1.807, 2.05) is 72.8 Å². The van der Waals surface area contributed by atoms with Crippen molar-refractivity contribution < 1.29 is 9.15 Å². The van der Waals surface area contributed by atoms with E-state index in [2.05, 4.69) is 97.9 Å². The van der Waals surface area contributed by atoms with Crippen LogP contribution in [0.3, 0.4) is 0 Å². The molecule has 242 valence electrons. The van der Waals surface area contributed by atoms with Gasteiger partial charge in [-0.15, -0.1) is 0 Å². The molecule has 3 heterocycles. The van der Waals surface area contributed by atoms with Crippen molar-refractivity contribution in [3.05, 3.63) is 175 Å². The molecule has 6 aromatic carbocycles. The van der Waals surface area contributed by atoms with Gasteiger partial charge in [-0.2, -0.15) is 0 Å². The number of allylic oxidation sites excluding steroid dienone is 2. The minimum atomic E-state index is -0.535. The summed E-state index contributed by atoms with van der Waals surface area (Å²) in [5.74, 6) is 2.73. The van der Waals surface area contributed by atoms with Crippen LogP contribution in [0.1, 0.15) is 24.2 Å². The normalized spacial score (nSPS) is 17.6. The predicted molar refractivity (Wildman–Crippen MR) is 204 cm³/mol. The van der Waals surface area contributed by atoms with Crippen molar-refractivity contribution in [1.29, 1.82) is 0 Å². The number of benzene rings is 6. The quantitative estimate of drug-likeness (QED) is 0.184. The first-order valence-corrected chi connectivity index (χ1v) is 17.2. The molecule has 2 aromatic heterocycles. The molecule has 5 nitrogen and oxygen atoms in total. The lowest BCUT2D eigenvalue weighted by Crippen LogP contribution is -2.32. The lowest BCUT2D eigenvalue weighted by Gasteiger charge is -2.29. The third-order valence-corrected chi connectivity index (χ3v) is 10.1. The van der Waals surface area contributed by atoms with E-state index < -0.39 is 5.60 Å². The third kappa shape index (κ3) is 4.89. The van der Waals surface area contributed by atoms with Gasteiger partial charge in [0.15, 0.2) is 17.5 Å². The summed E-state index contributed by atoms with van der Waals surface area (Å²) < 4.78 is 13.3. The van der Waals surface area contributed by atoms with Gasteiger partial charge in [0.1, 0.15) is 22.5 Å². The first-order chi connectivity index (χ1) is 25.1. The fraction of sp³-hybridized carbons (Fsp3) is 0.0652. The molecule has 51 heavy (non-hydrogen) atoms. The zero-order valence-electron chi connectivity index (χ0n) is 27.8. The Morgan fingerprint density at radius 1 is 0.549 bits per heavy atom. The maximum absolute atomic E-state index is 6.78. The molecular weight excluding hydrogens is 627 g/mol. The van der Waals surface area contributed by atoms with Crippen molar-refractivity contribution in [2.24, 2.45) is 0 Å². The lowest BCUT2D eigenvalue weighted by atomic mass is 9.80. The van der Waals surface area contributed by atoms with Gasteiger partial charge >= 0.3 is 0 Å². The van der Waals surface area contributed by atoms with Crippen molar-refractivity contribution in [1.82, 2.24) is 15.0 Å². The summed E-state index contributed by atoms with van der Waals surface area (Å²) in [6.07, 6.45) is 6.52. The highest BCUT2D eigenvalue weighted by molar-refractivity contribution is 6.11. The van der Waals surface area contributed by atoms with Gasteiger partial charge in [0.2, 0.25) is 0 Å². The standard InChI is InChI=1S/C46H31N3O2/c1-46-25-24-32(28-39(46)36-22-13-21-34(42(36)51-46)29-14-5-2-6-15-29)44-47-43(31-18-9-4-10-19-31)48-45(49-44)33-26-37(30-16-7-3-8-17-30)41-38(27-33)35-20-11-12-23-40(35)50-41/h2-28,39H,1H3. The van der Waals surface area contributed by atoms with Crippen LogP contribution < -0.4 is 4.74 Å². The molecule has 0 saturated carbocycles. The molecule has 0 spiro atoms. The molecule has 0 saturated heterocycles. The predicted octanol–water partition coefficient (Wildman–Crippen LogP) is 11.3. The number of ether oxygens (including phenoxy) is 1. The maximum atomic E-state index is 6.78. The molecule has 2 atom stereocenters. The van der Waals surface area contributed by atoms with Crippen LogP contribution in [0.25, 0.3) is 72.5 Å². The highest BCUT2D eigenvalue weighted by Crippen LogP contribution is 2.53. The molecule has 10 rings (SSSR count). The van der Waals surface area contributed by atoms with Crippen LogP contribution in [0.4, 0.5) is 0 Å². The van der Waals surface area contributed by atoms with Gasteiger partial charge in [-0.1, -0.05) is 140 Å². The topological polar surface area (TPSA) is 61.0 Å². The SMILES string of the molecule is CC12C=CC(c3nc(-c4ccccc4)nc(-c4cc(-c5ccccc5)c5oc6ccccc6c5c4)n3)=CC1c1cccc(-c3ccccc3)c1O2. The third-order valence-electron chi connectivity index (χ3n) is 10.1. The summed E-state index contributed by atoms with van der Waals surface area (Å²) in [6.45, 7) is 2.15. The number of nitrogens with zero attached hydrogens (tertiary/aromatic N) is 3. The van der Waals surface area contributed by atoms with Crippen LogP contribution in [0.2, 0.25) is 0 Å². The second kappa shape index (κ2) is 11.5. The van der Waals surface area contributed by atoms with Gasteiger partial charge in [-0.3, -0.25) is 0 Å². The average Bonchev–Trinajstić information content (AvgIpc) is 3.72. The van der Waals surface area contributed by atoms with Crippen molar-refractivity contribution in [2.45, 2.75) is 18.4 Å². The Hall–Kier alpha value is -6.59. The molecule has 1 aliphatic carbocycles. The number of rotatable bonds is 5. The van der Waals surface area contributed by atoms with Gasteiger partial charge < -0.3 is 9.15 Å². The molecule has 0 amide bonds. The minimum Gasteiger partial charge on any atom is -0.482 e. The minimum absolute atomic E-state index is 0.0186. The Morgan fingerprint density at radius 3 is 1.92 bits per heavy atom. The largest absolute Gasteiger partial charge is 0.482 e. The molecule has 1 aliphatic heterocycles. The first-order valence-electron chi connectivity index (χ1n) is 17.2. The molecular formula is C46H31N3O2. The molecule has 2 aliphatic rings. The number of aromatic nitrogens is 3. The van der Waals surface area contributed by atoms with Crippen LogP contribution >= 0.6 is 0 Å². The maximum Gasteiger partial charge on any atom is 0.164 e. The molecule has 5 heteroatoms. The number of hydrogen-bond donors (Lipinski definition) is 0. The number of furan rings is 1. The summed E-state index contributed by atoms with van der Waals surface area (Å²) in [6, 6.07) is 49.8. The molecule has 0 N–H and O–H groups in total. The molecule has 2 unspecified atom stereocenters. The molecule has 0 bridgehead atoms. The van der Waals surface area contributed by atoms with Gasteiger partial charge in [-0.05, 0) is 42.3 Å². The lowest BCUT2D eigenvalue weighted by molar-refractivity contribution is 0.156. The number of para-hydroxylation sites is 2. The second-order valence-corrected chi connectivity index (χ2v) is 13.3. The van der Waals surface area contributed by atoms with Gasteiger partial charge in [0, 0.05) is 50.1 Å². The highest BCUT2D eigenvalue weighted by Gasteiger charge is 2.45. The van der Waals surface area contributed by atoms with E-state index in [0.717, 1.165) is 72.2 Å². The summed E-state index contributed by atoms with van der Waals surface area (Å²) in [5, 5.41) is 2.07. The highest BCUT2D eigenvalue weighted by atomic mass is 16.5. The van der Waals surface area contributed by atoms with E-state index in [-0.39, 0.29) is 5.92 Å². The zero-order valence-corrected chi connectivity index (χ0v) is 27.8.